The number of aliphatic hydroxyl groups excluding tert-OH is 1. The number of carbonyl (C=O) groups is 1. The SMILES string of the molecule is CC(O)CNC(=O)c1ccc(N2CCN(C)CC2)c([N+](=O)[O-])c1. The first-order valence-electron chi connectivity index (χ1n) is 7.56. The van der Waals surface area contributed by atoms with Crippen LogP contribution >= 0.6 is 0 Å². The first-order chi connectivity index (χ1) is 10.9. The molecular formula is C15H22N4O4. The van der Waals surface area contributed by atoms with Crippen LogP contribution in [0.3, 0.4) is 0 Å². The standard InChI is InChI=1S/C15H22N4O4/c1-11(20)10-16-15(21)12-3-4-13(14(9-12)19(22)23)18-7-5-17(2)6-8-18/h3-4,9,11,20H,5-8,10H2,1-2H3,(H,16,21). The molecule has 0 saturated carbocycles. The van der Waals surface area contributed by atoms with Gasteiger partial charge in [0.25, 0.3) is 11.6 Å². The van der Waals surface area contributed by atoms with Crippen LogP contribution in [0.5, 0.6) is 0 Å². The second-order valence-electron chi connectivity index (χ2n) is 5.81. The Morgan fingerprint density at radius 2 is 2.04 bits per heavy atom. The van der Waals surface area contributed by atoms with Crippen molar-refractivity contribution in [1.29, 1.82) is 0 Å². The van der Waals surface area contributed by atoms with Gasteiger partial charge in [0.1, 0.15) is 5.69 Å². The summed E-state index contributed by atoms with van der Waals surface area (Å²) >= 11 is 0. The van der Waals surface area contributed by atoms with Crippen molar-refractivity contribution in [2.75, 3.05) is 44.7 Å². The lowest BCUT2D eigenvalue weighted by Gasteiger charge is -2.33. The maximum atomic E-state index is 12.0. The molecule has 2 N–H and O–H groups in total. The maximum Gasteiger partial charge on any atom is 0.293 e. The average Bonchev–Trinajstić information content (AvgIpc) is 2.52. The van der Waals surface area contributed by atoms with Crippen LogP contribution in [0.4, 0.5) is 11.4 Å². The van der Waals surface area contributed by atoms with Gasteiger partial charge in [0.15, 0.2) is 0 Å². The van der Waals surface area contributed by atoms with Crippen molar-refractivity contribution in [3.63, 3.8) is 0 Å². The van der Waals surface area contributed by atoms with Crippen molar-refractivity contribution in [3.8, 4) is 0 Å². The topological polar surface area (TPSA) is 99.0 Å². The molecule has 126 valence electrons. The third kappa shape index (κ3) is 4.40. The molecular weight excluding hydrogens is 300 g/mol. The highest BCUT2D eigenvalue weighted by Crippen LogP contribution is 2.30. The van der Waals surface area contributed by atoms with E-state index in [1.807, 2.05) is 11.9 Å². The number of aliphatic hydroxyl groups is 1. The number of nitrogens with one attached hydrogen (secondary N) is 1. The van der Waals surface area contributed by atoms with Gasteiger partial charge >= 0.3 is 0 Å². The van der Waals surface area contributed by atoms with Gasteiger partial charge in [0.05, 0.1) is 11.0 Å². The minimum absolute atomic E-state index is 0.0701. The van der Waals surface area contributed by atoms with Crippen molar-refractivity contribution in [2.24, 2.45) is 0 Å². The second kappa shape index (κ2) is 7.38. The molecule has 1 amide bonds. The number of carbonyl (C=O) groups excluding carboxylic acids is 1. The van der Waals surface area contributed by atoms with Crippen LogP contribution in [0.1, 0.15) is 17.3 Å². The van der Waals surface area contributed by atoms with E-state index in [9.17, 15) is 20.0 Å². The number of amides is 1. The number of nitro benzene ring substituents is 1. The van der Waals surface area contributed by atoms with Crippen molar-refractivity contribution in [1.82, 2.24) is 10.2 Å². The summed E-state index contributed by atoms with van der Waals surface area (Å²) < 4.78 is 0. The van der Waals surface area contributed by atoms with E-state index in [4.69, 9.17) is 0 Å². The van der Waals surface area contributed by atoms with E-state index in [-0.39, 0.29) is 17.8 Å². The summed E-state index contributed by atoms with van der Waals surface area (Å²) in [6, 6.07) is 4.50. The highest BCUT2D eigenvalue weighted by Gasteiger charge is 2.24. The molecule has 1 atom stereocenters. The average molecular weight is 322 g/mol. The van der Waals surface area contributed by atoms with Crippen molar-refractivity contribution >= 4 is 17.3 Å². The third-order valence-electron chi connectivity index (χ3n) is 3.84. The predicted octanol–water partition coefficient (Wildman–Crippen LogP) is 0.457. The Bertz CT molecular complexity index is 583. The zero-order chi connectivity index (χ0) is 17.0. The summed E-state index contributed by atoms with van der Waals surface area (Å²) in [5.74, 6) is -0.432. The smallest absolute Gasteiger partial charge is 0.293 e. The fourth-order valence-corrected chi connectivity index (χ4v) is 2.47. The maximum absolute atomic E-state index is 12.0. The van der Waals surface area contributed by atoms with Crippen molar-refractivity contribution in [3.05, 3.63) is 33.9 Å². The van der Waals surface area contributed by atoms with Gasteiger partial charge in [-0.05, 0) is 26.1 Å². The summed E-state index contributed by atoms with van der Waals surface area (Å²) in [5, 5.41) is 23.1. The molecule has 1 unspecified atom stereocenters. The largest absolute Gasteiger partial charge is 0.392 e. The Hall–Kier alpha value is -2.19. The normalized spacial score (nSPS) is 16.9. The molecule has 1 aromatic carbocycles. The summed E-state index contributed by atoms with van der Waals surface area (Å²) in [7, 11) is 2.02. The number of hydrogen-bond acceptors (Lipinski definition) is 6. The van der Waals surface area contributed by atoms with Gasteiger partial charge in [-0.15, -0.1) is 0 Å². The molecule has 8 heteroatoms. The van der Waals surface area contributed by atoms with Gasteiger partial charge in [-0.2, -0.15) is 0 Å². The van der Waals surface area contributed by atoms with E-state index in [1.165, 1.54) is 6.07 Å². The van der Waals surface area contributed by atoms with Crippen LogP contribution < -0.4 is 10.2 Å². The zero-order valence-electron chi connectivity index (χ0n) is 13.4. The van der Waals surface area contributed by atoms with E-state index in [0.29, 0.717) is 18.8 Å². The number of nitrogens with zero attached hydrogens (tertiary/aromatic N) is 3. The second-order valence-corrected chi connectivity index (χ2v) is 5.81. The number of nitro groups is 1. The zero-order valence-corrected chi connectivity index (χ0v) is 13.4. The Balaban J connectivity index is 2.21. The number of hydrogen-bond donors (Lipinski definition) is 2. The number of benzene rings is 1. The van der Waals surface area contributed by atoms with E-state index in [0.717, 1.165) is 13.1 Å². The minimum atomic E-state index is -0.668. The Morgan fingerprint density at radius 1 is 1.39 bits per heavy atom. The lowest BCUT2D eigenvalue weighted by Crippen LogP contribution is -2.44. The first-order valence-corrected chi connectivity index (χ1v) is 7.56. The van der Waals surface area contributed by atoms with Gasteiger partial charge in [0.2, 0.25) is 0 Å². The van der Waals surface area contributed by atoms with Crippen LogP contribution in [0, 0.1) is 10.1 Å². The summed E-state index contributed by atoms with van der Waals surface area (Å²) in [6.45, 7) is 4.77. The molecule has 0 aromatic heterocycles. The molecule has 0 aliphatic carbocycles. The van der Waals surface area contributed by atoms with Crippen LogP contribution in [0.15, 0.2) is 18.2 Å². The molecule has 1 saturated heterocycles. The van der Waals surface area contributed by atoms with Gasteiger partial charge in [-0.1, -0.05) is 0 Å². The van der Waals surface area contributed by atoms with Crippen LogP contribution in [0.2, 0.25) is 0 Å². The Morgan fingerprint density at radius 3 is 2.61 bits per heavy atom. The molecule has 1 aliphatic heterocycles. The number of piperazine rings is 1. The first kappa shape index (κ1) is 17.2. The van der Waals surface area contributed by atoms with Gasteiger partial charge < -0.3 is 20.2 Å². The molecule has 1 aliphatic rings. The van der Waals surface area contributed by atoms with Crippen LogP contribution in [-0.4, -0.2) is 66.7 Å². The molecule has 0 spiro atoms. The monoisotopic (exact) mass is 322 g/mol. The predicted molar refractivity (Wildman–Crippen MR) is 86.8 cm³/mol. The van der Waals surface area contributed by atoms with E-state index in [1.54, 1.807) is 19.1 Å². The highest BCUT2D eigenvalue weighted by molar-refractivity contribution is 5.95. The molecule has 1 aromatic rings. The number of rotatable bonds is 5. The molecule has 0 bridgehead atoms. The fraction of sp³-hybridized carbons (Fsp3) is 0.533. The molecule has 1 heterocycles. The molecule has 8 nitrogen and oxygen atoms in total. The van der Waals surface area contributed by atoms with Crippen molar-refractivity contribution in [2.45, 2.75) is 13.0 Å². The quantitative estimate of drug-likeness (QED) is 0.603. The Kier molecular flexibility index (Phi) is 5.51. The number of anilines is 1. The lowest BCUT2D eigenvalue weighted by atomic mass is 10.1. The summed E-state index contributed by atoms with van der Waals surface area (Å²) in [4.78, 5) is 27.0. The molecule has 0 radical (unpaired) electrons. The van der Waals surface area contributed by atoms with Gasteiger partial charge in [-0.25, -0.2) is 0 Å². The van der Waals surface area contributed by atoms with Crippen LogP contribution in [-0.2, 0) is 0 Å². The summed E-state index contributed by atoms with van der Waals surface area (Å²) in [5.41, 5.74) is 0.685. The molecule has 1 fully saturated rings. The molecule has 2 rings (SSSR count). The van der Waals surface area contributed by atoms with E-state index in [2.05, 4.69) is 10.2 Å². The minimum Gasteiger partial charge on any atom is -0.392 e. The lowest BCUT2D eigenvalue weighted by molar-refractivity contribution is -0.384. The molecule has 23 heavy (non-hydrogen) atoms. The van der Waals surface area contributed by atoms with Crippen LogP contribution in [0.25, 0.3) is 0 Å². The van der Waals surface area contributed by atoms with Gasteiger partial charge in [0, 0.05) is 44.4 Å². The van der Waals surface area contributed by atoms with E-state index < -0.39 is 16.9 Å². The third-order valence-corrected chi connectivity index (χ3v) is 3.84. The Labute approximate surface area is 134 Å². The number of likely N-dealkylation sites (N-methyl/N-ethyl adjacent to an activating group) is 1. The van der Waals surface area contributed by atoms with Gasteiger partial charge in [-0.3, -0.25) is 14.9 Å². The van der Waals surface area contributed by atoms with E-state index >= 15 is 0 Å². The summed E-state index contributed by atoms with van der Waals surface area (Å²) in [6.07, 6.45) is -0.668. The fourth-order valence-electron chi connectivity index (χ4n) is 2.47. The van der Waals surface area contributed by atoms with Crippen molar-refractivity contribution < 1.29 is 14.8 Å². The highest BCUT2D eigenvalue weighted by atomic mass is 16.6.